The van der Waals surface area contributed by atoms with Crippen LogP contribution in [-0.4, -0.2) is 24.7 Å². The van der Waals surface area contributed by atoms with Gasteiger partial charge >= 0.3 is 0 Å². The summed E-state index contributed by atoms with van der Waals surface area (Å²) in [4.78, 5) is 14.6. The van der Waals surface area contributed by atoms with Gasteiger partial charge in [0.15, 0.2) is 0 Å². The van der Waals surface area contributed by atoms with Gasteiger partial charge in [-0.15, -0.1) is 0 Å². The lowest BCUT2D eigenvalue weighted by molar-refractivity contribution is 0.0954. The summed E-state index contributed by atoms with van der Waals surface area (Å²) in [6, 6.07) is 15.9. The first-order valence-corrected chi connectivity index (χ1v) is 8.90. The third kappa shape index (κ3) is 4.47. The lowest BCUT2D eigenvalue weighted by atomic mass is 10.1. The van der Waals surface area contributed by atoms with Gasteiger partial charge in [0.1, 0.15) is 0 Å². The van der Waals surface area contributed by atoms with Crippen LogP contribution in [0.15, 0.2) is 53.6 Å². The zero-order valence-electron chi connectivity index (χ0n) is 15.0. The minimum Gasteiger partial charge on any atom is -0.372 e. The van der Waals surface area contributed by atoms with Gasteiger partial charge < -0.3 is 4.90 Å². The molecule has 0 saturated carbocycles. The maximum absolute atomic E-state index is 12.2. The molecule has 4 heteroatoms. The van der Waals surface area contributed by atoms with Crippen LogP contribution in [0.25, 0.3) is 0 Å². The van der Waals surface area contributed by atoms with E-state index in [9.17, 15) is 4.79 Å². The van der Waals surface area contributed by atoms with Crippen molar-refractivity contribution in [2.45, 2.75) is 33.1 Å². The second-order valence-corrected chi connectivity index (χ2v) is 6.60. The monoisotopic (exact) mass is 335 g/mol. The molecule has 1 saturated heterocycles. The molecule has 1 aliphatic rings. The van der Waals surface area contributed by atoms with Crippen molar-refractivity contribution in [3.8, 4) is 0 Å². The van der Waals surface area contributed by atoms with Crippen LogP contribution >= 0.6 is 0 Å². The topological polar surface area (TPSA) is 44.7 Å². The van der Waals surface area contributed by atoms with Crippen molar-refractivity contribution in [2.24, 2.45) is 5.10 Å². The van der Waals surface area contributed by atoms with Gasteiger partial charge in [-0.2, -0.15) is 5.10 Å². The Bertz CT molecular complexity index is 759. The highest BCUT2D eigenvalue weighted by Gasteiger charge is 2.11. The Hall–Kier alpha value is -2.62. The fourth-order valence-electron chi connectivity index (χ4n) is 3.12. The molecular formula is C21H25N3O. The standard InChI is InChI=1S/C21H25N3O/c1-16-7-6-8-19(15-16)21(25)23-22-17(2)18-9-11-20(12-10-18)24-13-4-3-5-14-24/h6-12,15H,3-5,13-14H2,1-2H3,(H,23,25)/b22-17-. The van der Waals surface area contributed by atoms with Crippen LogP contribution in [0.2, 0.25) is 0 Å². The van der Waals surface area contributed by atoms with Gasteiger partial charge in [0.25, 0.3) is 5.91 Å². The van der Waals surface area contributed by atoms with Crippen molar-refractivity contribution in [3.63, 3.8) is 0 Å². The molecule has 0 bridgehead atoms. The maximum Gasteiger partial charge on any atom is 0.271 e. The zero-order chi connectivity index (χ0) is 17.6. The van der Waals surface area contributed by atoms with Crippen LogP contribution in [0.1, 0.15) is 47.7 Å². The van der Waals surface area contributed by atoms with E-state index in [0.29, 0.717) is 5.56 Å². The molecule has 3 rings (SSSR count). The molecule has 2 aromatic rings. The van der Waals surface area contributed by atoms with E-state index >= 15 is 0 Å². The number of piperidine rings is 1. The minimum absolute atomic E-state index is 0.187. The SMILES string of the molecule is C/C(=N/NC(=O)c1cccc(C)c1)c1ccc(N2CCCCC2)cc1. The molecule has 0 aliphatic carbocycles. The summed E-state index contributed by atoms with van der Waals surface area (Å²) in [5.41, 5.74) is 7.40. The number of benzene rings is 2. The van der Waals surface area contributed by atoms with E-state index in [4.69, 9.17) is 0 Å². The number of amides is 1. The van der Waals surface area contributed by atoms with Crippen LogP contribution in [-0.2, 0) is 0 Å². The van der Waals surface area contributed by atoms with E-state index in [2.05, 4.69) is 39.7 Å². The van der Waals surface area contributed by atoms with Crippen molar-refractivity contribution in [1.29, 1.82) is 0 Å². The molecule has 130 valence electrons. The molecule has 4 nitrogen and oxygen atoms in total. The Labute approximate surface area is 149 Å². The second kappa shape index (κ2) is 7.97. The van der Waals surface area contributed by atoms with E-state index in [0.717, 1.165) is 29.9 Å². The second-order valence-electron chi connectivity index (χ2n) is 6.60. The number of nitrogens with zero attached hydrogens (tertiary/aromatic N) is 2. The molecular weight excluding hydrogens is 310 g/mol. The summed E-state index contributed by atoms with van der Waals surface area (Å²) in [5.74, 6) is -0.187. The van der Waals surface area contributed by atoms with Gasteiger partial charge in [-0.3, -0.25) is 4.79 Å². The number of carbonyl (C=O) groups excluding carboxylic acids is 1. The Morgan fingerprint density at radius 2 is 1.72 bits per heavy atom. The highest BCUT2D eigenvalue weighted by molar-refractivity contribution is 6.01. The number of hydrazone groups is 1. The van der Waals surface area contributed by atoms with Crippen molar-refractivity contribution in [1.82, 2.24) is 5.43 Å². The fourth-order valence-corrected chi connectivity index (χ4v) is 3.12. The normalized spacial score (nSPS) is 15.1. The van der Waals surface area contributed by atoms with E-state index < -0.39 is 0 Å². The van der Waals surface area contributed by atoms with Gasteiger partial charge in [0, 0.05) is 24.3 Å². The predicted octanol–water partition coefficient (Wildman–Crippen LogP) is 4.14. The largest absolute Gasteiger partial charge is 0.372 e. The van der Waals surface area contributed by atoms with Crippen LogP contribution in [0.3, 0.4) is 0 Å². The van der Waals surface area contributed by atoms with Crippen LogP contribution in [0.4, 0.5) is 5.69 Å². The van der Waals surface area contributed by atoms with Gasteiger partial charge in [-0.05, 0) is 62.9 Å². The van der Waals surface area contributed by atoms with E-state index in [1.54, 1.807) is 6.07 Å². The first-order valence-electron chi connectivity index (χ1n) is 8.90. The van der Waals surface area contributed by atoms with Crippen molar-refractivity contribution in [2.75, 3.05) is 18.0 Å². The van der Waals surface area contributed by atoms with Crippen LogP contribution in [0, 0.1) is 6.92 Å². The van der Waals surface area contributed by atoms with E-state index in [-0.39, 0.29) is 5.91 Å². The number of nitrogens with one attached hydrogen (secondary N) is 1. The highest BCUT2D eigenvalue weighted by Crippen LogP contribution is 2.20. The molecule has 1 aliphatic heterocycles. The van der Waals surface area contributed by atoms with Crippen LogP contribution in [0.5, 0.6) is 0 Å². The van der Waals surface area contributed by atoms with Gasteiger partial charge in [-0.1, -0.05) is 29.8 Å². The number of hydrogen-bond acceptors (Lipinski definition) is 3. The quantitative estimate of drug-likeness (QED) is 0.674. The lowest BCUT2D eigenvalue weighted by Crippen LogP contribution is -2.29. The number of carbonyl (C=O) groups is 1. The number of aryl methyl sites for hydroxylation is 1. The molecule has 2 aromatic carbocycles. The molecule has 1 fully saturated rings. The van der Waals surface area contributed by atoms with Crippen molar-refractivity contribution in [3.05, 3.63) is 65.2 Å². The summed E-state index contributed by atoms with van der Waals surface area (Å²) >= 11 is 0. The molecule has 0 radical (unpaired) electrons. The number of anilines is 1. The molecule has 0 atom stereocenters. The summed E-state index contributed by atoms with van der Waals surface area (Å²) in [5, 5.41) is 4.25. The van der Waals surface area contributed by atoms with Gasteiger partial charge in [0.05, 0.1) is 5.71 Å². The predicted molar refractivity (Wildman–Crippen MR) is 103 cm³/mol. The average Bonchev–Trinajstić information content (AvgIpc) is 2.66. The lowest BCUT2D eigenvalue weighted by Gasteiger charge is -2.28. The number of rotatable bonds is 4. The summed E-state index contributed by atoms with van der Waals surface area (Å²) in [6.45, 7) is 6.15. The average molecular weight is 335 g/mol. The fraction of sp³-hybridized carbons (Fsp3) is 0.333. The third-order valence-electron chi connectivity index (χ3n) is 4.61. The molecule has 1 N–H and O–H groups in total. The highest BCUT2D eigenvalue weighted by atomic mass is 16.2. The Balaban J connectivity index is 1.64. The summed E-state index contributed by atoms with van der Waals surface area (Å²) < 4.78 is 0. The molecule has 0 unspecified atom stereocenters. The first kappa shape index (κ1) is 17.2. The smallest absolute Gasteiger partial charge is 0.271 e. The Kier molecular flexibility index (Phi) is 5.49. The third-order valence-corrected chi connectivity index (χ3v) is 4.61. The summed E-state index contributed by atoms with van der Waals surface area (Å²) in [6.07, 6.45) is 3.88. The van der Waals surface area contributed by atoms with Gasteiger partial charge in [0.2, 0.25) is 0 Å². The summed E-state index contributed by atoms with van der Waals surface area (Å²) in [7, 11) is 0. The first-order chi connectivity index (χ1) is 12.1. The van der Waals surface area contributed by atoms with E-state index in [1.165, 1.54) is 24.9 Å². The Morgan fingerprint density at radius 3 is 2.40 bits per heavy atom. The molecule has 0 spiro atoms. The van der Waals surface area contributed by atoms with Crippen LogP contribution < -0.4 is 10.3 Å². The maximum atomic E-state index is 12.2. The zero-order valence-corrected chi connectivity index (χ0v) is 15.0. The van der Waals surface area contributed by atoms with E-state index in [1.807, 2.05) is 32.0 Å². The Morgan fingerprint density at radius 1 is 1.00 bits per heavy atom. The molecule has 1 heterocycles. The molecule has 0 aromatic heterocycles. The van der Waals surface area contributed by atoms with Crippen molar-refractivity contribution < 1.29 is 4.79 Å². The van der Waals surface area contributed by atoms with Crippen molar-refractivity contribution >= 4 is 17.3 Å². The minimum atomic E-state index is -0.187. The number of hydrogen-bond donors (Lipinski definition) is 1. The molecule has 25 heavy (non-hydrogen) atoms. The van der Waals surface area contributed by atoms with Gasteiger partial charge in [-0.25, -0.2) is 5.43 Å². The molecule has 1 amide bonds.